The molecule has 0 bridgehead atoms. The minimum atomic E-state index is 0.319. The van der Waals surface area contributed by atoms with Gasteiger partial charge < -0.3 is 4.90 Å². The standard InChI is InChI=1S/C15H21N3O/c1-3-18-13-7-8-17(14(13)9-15(18)19)10-12-6-4-5-11(2)16-12/h4-6,13-14H,3,7-10H2,1-2H3. The summed E-state index contributed by atoms with van der Waals surface area (Å²) >= 11 is 0. The van der Waals surface area contributed by atoms with E-state index in [0.717, 1.165) is 37.4 Å². The highest BCUT2D eigenvalue weighted by Crippen LogP contribution is 2.32. The van der Waals surface area contributed by atoms with Gasteiger partial charge in [-0.2, -0.15) is 0 Å². The summed E-state index contributed by atoms with van der Waals surface area (Å²) in [5.41, 5.74) is 2.17. The molecule has 3 rings (SSSR count). The van der Waals surface area contributed by atoms with Crippen LogP contribution in [0.3, 0.4) is 0 Å². The Morgan fingerprint density at radius 2 is 2.21 bits per heavy atom. The summed E-state index contributed by atoms with van der Waals surface area (Å²) in [4.78, 5) is 21.0. The zero-order valence-electron chi connectivity index (χ0n) is 11.7. The van der Waals surface area contributed by atoms with Crippen molar-refractivity contribution >= 4 is 5.91 Å². The summed E-state index contributed by atoms with van der Waals surface area (Å²) < 4.78 is 0. The van der Waals surface area contributed by atoms with Crippen molar-refractivity contribution in [3.8, 4) is 0 Å². The van der Waals surface area contributed by atoms with Gasteiger partial charge in [0.2, 0.25) is 5.91 Å². The zero-order chi connectivity index (χ0) is 13.4. The van der Waals surface area contributed by atoms with E-state index in [1.165, 1.54) is 0 Å². The molecule has 1 aromatic rings. The monoisotopic (exact) mass is 259 g/mol. The van der Waals surface area contributed by atoms with E-state index in [-0.39, 0.29) is 0 Å². The van der Waals surface area contributed by atoms with Gasteiger partial charge in [-0.15, -0.1) is 0 Å². The molecule has 102 valence electrons. The molecule has 0 aliphatic carbocycles. The third-order valence-electron chi connectivity index (χ3n) is 4.38. The van der Waals surface area contributed by atoms with Gasteiger partial charge in [0.15, 0.2) is 0 Å². The topological polar surface area (TPSA) is 36.4 Å². The third kappa shape index (κ3) is 2.25. The van der Waals surface area contributed by atoms with Crippen LogP contribution < -0.4 is 0 Å². The fraction of sp³-hybridized carbons (Fsp3) is 0.600. The Balaban J connectivity index is 1.72. The van der Waals surface area contributed by atoms with Gasteiger partial charge in [0.05, 0.1) is 5.69 Å². The van der Waals surface area contributed by atoms with Crippen molar-refractivity contribution in [1.29, 1.82) is 0 Å². The predicted octanol–water partition coefficient (Wildman–Crippen LogP) is 1.59. The SMILES string of the molecule is CCN1C(=O)CC2C1CCN2Cc1cccc(C)n1. The number of carbonyl (C=O) groups is 1. The van der Waals surface area contributed by atoms with Gasteiger partial charge in [0.25, 0.3) is 0 Å². The molecule has 4 heteroatoms. The Morgan fingerprint density at radius 1 is 1.37 bits per heavy atom. The van der Waals surface area contributed by atoms with Crippen LogP contribution in [-0.2, 0) is 11.3 Å². The number of carbonyl (C=O) groups excluding carboxylic acids is 1. The maximum absolute atomic E-state index is 12.0. The van der Waals surface area contributed by atoms with Crippen LogP contribution in [0.4, 0.5) is 0 Å². The molecule has 2 aliphatic rings. The first-order valence-electron chi connectivity index (χ1n) is 7.15. The Bertz CT molecular complexity index is 488. The molecule has 1 aromatic heterocycles. The van der Waals surface area contributed by atoms with Crippen LogP contribution >= 0.6 is 0 Å². The molecule has 2 fully saturated rings. The van der Waals surface area contributed by atoms with E-state index >= 15 is 0 Å². The average Bonchev–Trinajstić information content (AvgIpc) is 2.89. The second kappa shape index (κ2) is 4.93. The number of aromatic nitrogens is 1. The van der Waals surface area contributed by atoms with Gasteiger partial charge in [-0.1, -0.05) is 6.07 Å². The van der Waals surface area contributed by atoms with E-state index in [4.69, 9.17) is 0 Å². The number of fused-ring (bicyclic) bond motifs is 1. The largest absolute Gasteiger partial charge is 0.338 e. The molecule has 3 heterocycles. The lowest BCUT2D eigenvalue weighted by Crippen LogP contribution is -2.37. The molecular formula is C15H21N3O. The minimum Gasteiger partial charge on any atom is -0.338 e. The van der Waals surface area contributed by atoms with Gasteiger partial charge in [-0.05, 0) is 32.4 Å². The molecule has 2 atom stereocenters. The Hall–Kier alpha value is -1.42. The predicted molar refractivity (Wildman–Crippen MR) is 73.6 cm³/mol. The Kier molecular flexibility index (Phi) is 3.27. The number of hydrogen-bond donors (Lipinski definition) is 0. The minimum absolute atomic E-state index is 0.319. The van der Waals surface area contributed by atoms with Gasteiger partial charge in [0.1, 0.15) is 0 Å². The second-order valence-corrected chi connectivity index (χ2v) is 5.55. The summed E-state index contributed by atoms with van der Waals surface area (Å²) in [5.74, 6) is 0.319. The van der Waals surface area contributed by atoms with Crippen LogP contribution in [0.1, 0.15) is 31.2 Å². The molecule has 2 aliphatic heterocycles. The molecule has 19 heavy (non-hydrogen) atoms. The van der Waals surface area contributed by atoms with Crippen molar-refractivity contribution in [1.82, 2.24) is 14.8 Å². The first-order valence-corrected chi connectivity index (χ1v) is 7.15. The van der Waals surface area contributed by atoms with E-state index in [1.807, 2.05) is 17.9 Å². The maximum atomic E-state index is 12.0. The first-order chi connectivity index (χ1) is 9.19. The normalized spacial score (nSPS) is 27.1. The first kappa shape index (κ1) is 12.6. The number of likely N-dealkylation sites (N-methyl/N-ethyl adjacent to an activating group) is 1. The number of hydrogen-bond acceptors (Lipinski definition) is 3. The van der Waals surface area contributed by atoms with Crippen LogP contribution in [0.5, 0.6) is 0 Å². The summed E-state index contributed by atoms with van der Waals surface area (Å²) in [7, 11) is 0. The highest BCUT2D eigenvalue weighted by atomic mass is 16.2. The quantitative estimate of drug-likeness (QED) is 0.827. The number of likely N-dealkylation sites (tertiary alicyclic amines) is 2. The summed E-state index contributed by atoms with van der Waals surface area (Å²) in [6, 6.07) is 6.99. The molecule has 2 unspecified atom stereocenters. The molecule has 0 N–H and O–H groups in total. The van der Waals surface area contributed by atoms with Gasteiger partial charge in [0, 0.05) is 43.8 Å². The summed E-state index contributed by atoms with van der Waals surface area (Å²) in [6.45, 7) is 6.89. The fourth-order valence-corrected chi connectivity index (χ4v) is 3.51. The average molecular weight is 259 g/mol. The zero-order valence-corrected chi connectivity index (χ0v) is 11.7. The number of amides is 1. The van der Waals surface area contributed by atoms with Crippen molar-refractivity contribution in [2.45, 2.75) is 45.3 Å². The lowest BCUT2D eigenvalue weighted by molar-refractivity contribution is -0.128. The lowest BCUT2D eigenvalue weighted by atomic mass is 10.1. The van der Waals surface area contributed by atoms with Crippen LogP contribution in [-0.4, -0.2) is 45.9 Å². The molecule has 0 saturated carbocycles. The molecule has 0 aromatic carbocycles. The molecule has 0 radical (unpaired) electrons. The second-order valence-electron chi connectivity index (χ2n) is 5.55. The van der Waals surface area contributed by atoms with Gasteiger partial charge >= 0.3 is 0 Å². The van der Waals surface area contributed by atoms with Crippen molar-refractivity contribution < 1.29 is 4.79 Å². The highest BCUT2D eigenvalue weighted by Gasteiger charge is 2.45. The lowest BCUT2D eigenvalue weighted by Gasteiger charge is -2.24. The third-order valence-corrected chi connectivity index (χ3v) is 4.38. The fourth-order valence-electron chi connectivity index (χ4n) is 3.51. The van der Waals surface area contributed by atoms with Crippen molar-refractivity contribution in [2.75, 3.05) is 13.1 Å². The highest BCUT2D eigenvalue weighted by molar-refractivity contribution is 5.80. The van der Waals surface area contributed by atoms with Crippen LogP contribution in [0, 0.1) is 6.92 Å². The Labute approximate surface area is 114 Å². The van der Waals surface area contributed by atoms with Crippen molar-refractivity contribution in [2.24, 2.45) is 0 Å². The number of aryl methyl sites for hydroxylation is 1. The number of rotatable bonds is 3. The molecule has 2 saturated heterocycles. The molecular weight excluding hydrogens is 238 g/mol. The van der Waals surface area contributed by atoms with Crippen LogP contribution in [0.15, 0.2) is 18.2 Å². The van der Waals surface area contributed by atoms with Gasteiger partial charge in [-0.25, -0.2) is 0 Å². The van der Waals surface area contributed by atoms with E-state index in [0.29, 0.717) is 24.4 Å². The number of nitrogens with zero attached hydrogens (tertiary/aromatic N) is 3. The van der Waals surface area contributed by atoms with Gasteiger partial charge in [-0.3, -0.25) is 14.7 Å². The summed E-state index contributed by atoms with van der Waals surface area (Å²) in [5, 5.41) is 0. The van der Waals surface area contributed by atoms with E-state index in [9.17, 15) is 4.79 Å². The smallest absolute Gasteiger partial charge is 0.224 e. The van der Waals surface area contributed by atoms with Crippen LogP contribution in [0.25, 0.3) is 0 Å². The van der Waals surface area contributed by atoms with E-state index < -0.39 is 0 Å². The van der Waals surface area contributed by atoms with E-state index in [1.54, 1.807) is 0 Å². The molecule has 1 amide bonds. The molecule has 0 spiro atoms. The number of pyridine rings is 1. The van der Waals surface area contributed by atoms with Crippen LogP contribution in [0.2, 0.25) is 0 Å². The van der Waals surface area contributed by atoms with Crippen molar-refractivity contribution in [3.63, 3.8) is 0 Å². The summed E-state index contributed by atoms with van der Waals surface area (Å²) in [6.07, 6.45) is 1.79. The van der Waals surface area contributed by atoms with Crippen molar-refractivity contribution in [3.05, 3.63) is 29.6 Å². The Morgan fingerprint density at radius 3 is 2.95 bits per heavy atom. The van der Waals surface area contributed by atoms with E-state index in [2.05, 4.69) is 28.9 Å². The maximum Gasteiger partial charge on any atom is 0.224 e. The molecule has 4 nitrogen and oxygen atoms in total.